The number of carbonyl (C=O) groups is 1. The summed E-state index contributed by atoms with van der Waals surface area (Å²) in [7, 11) is 2.03. The van der Waals surface area contributed by atoms with Crippen molar-refractivity contribution < 1.29 is 9.28 Å². The highest BCUT2D eigenvalue weighted by molar-refractivity contribution is 6.29. The number of ketones is 1. The number of rotatable bonds is 4. The van der Waals surface area contributed by atoms with E-state index in [9.17, 15) is 4.79 Å². The van der Waals surface area contributed by atoms with Gasteiger partial charge in [-0.05, 0) is 6.92 Å². The lowest BCUT2D eigenvalue weighted by molar-refractivity contribution is -0.852. The van der Waals surface area contributed by atoms with Crippen LogP contribution >= 0.6 is 11.6 Å². The van der Waals surface area contributed by atoms with Crippen molar-refractivity contribution in [2.75, 3.05) is 26.8 Å². The first-order chi connectivity index (χ1) is 8.54. The van der Waals surface area contributed by atoms with Crippen molar-refractivity contribution in [2.45, 2.75) is 6.92 Å². The maximum atomic E-state index is 12.2. The number of halogens is 1. The van der Waals surface area contributed by atoms with Crippen molar-refractivity contribution in [3.05, 3.63) is 47.3 Å². The summed E-state index contributed by atoms with van der Waals surface area (Å²) in [6, 6.07) is 9.40. The zero-order chi connectivity index (χ0) is 13.2. The number of hydrogen-bond donors (Lipinski definition) is 0. The van der Waals surface area contributed by atoms with Crippen LogP contribution in [-0.4, -0.2) is 42.0 Å². The first-order valence-electron chi connectivity index (χ1n) is 6.10. The van der Waals surface area contributed by atoms with Gasteiger partial charge in [-0.25, -0.2) is 0 Å². The molecule has 1 aromatic rings. The van der Waals surface area contributed by atoms with Crippen molar-refractivity contribution in [2.24, 2.45) is 0 Å². The SMILES string of the molecule is CCN1C[N+](C)(CC(=O)c2ccccc2)C=C1Cl. The van der Waals surface area contributed by atoms with Crippen LogP contribution in [-0.2, 0) is 0 Å². The second-order valence-corrected chi connectivity index (χ2v) is 5.26. The molecule has 0 aliphatic carbocycles. The monoisotopic (exact) mass is 265 g/mol. The van der Waals surface area contributed by atoms with Crippen LogP contribution in [0.4, 0.5) is 0 Å². The summed E-state index contributed by atoms with van der Waals surface area (Å²) >= 11 is 6.15. The minimum Gasteiger partial charge on any atom is -0.311 e. The largest absolute Gasteiger partial charge is 0.311 e. The molecule has 1 heterocycles. The molecule has 1 aromatic carbocycles. The molecule has 0 N–H and O–H groups in total. The molecule has 1 unspecified atom stereocenters. The van der Waals surface area contributed by atoms with Crippen molar-refractivity contribution in [3.63, 3.8) is 0 Å². The van der Waals surface area contributed by atoms with Crippen LogP contribution in [0.15, 0.2) is 41.7 Å². The number of carbonyl (C=O) groups excluding carboxylic acids is 1. The van der Waals surface area contributed by atoms with E-state index >= 15 is 0 Å². The molecule has 0 fully saturated rings. The first-order valence-corrected chi connectivity index (χ1v) is 6.48. The molecular weight excluding hydrogens is 248 g/mol. The lowest BCUT2D eigenvalue weighted by atomic mass is 10.1. The standard InChI is InChI=1S/C14H18ClN2O/c1-3-16-11-17(2,10-14(16)15)9-13(18)12-7-5-4-6-8-12/h4-8,10H,3,9,11H2,1-2H3/q+1. The third-order valence-corrected chi connectivity index (χ3v) is 3.53. The van der Waals surface area contributed by atoms with Crippen LogP contribution in [0.2, 0.25) is 0 Å². The molecule has 1 atom stereocenters. The maximum Gasteiger partial charge on any atom is 0.217 e. The average molecular weight is 266 g/mol. The maximum absolute atomic E-state index is 12.2. The van der Waals surface area contributed by atoms with Crippen molar-refractivity contribution in [1.29, 1.82) is 0 Å². The Morgan fingerprint density at radius 1 is 1.39 bits per heavy atom. The zero-order valence-electron chi connectivity index (χ0n) is 10.8. The second kappa shape index (κ2) is 5.12. The molecule has 0 amide bonds. The summed E-state index contributed by atoms with van der Waals surface area (Å²) in [5.41, 5.74) is 0.760. The van der Waals surface area contributed by atoms with Crippen LogP contribution in [0.25, 0.3) is 0 Å². The normalized spacial score (nSPS) is 23.1. The molecule has 0 aromatic heterocycles. The van der Waals surface area contributed by atoms with Gasteiger partial charge in [0.25, 0.3) is 0 Å². The lowest BCUT2D eigenvalue weighted by Gasteiger charge is -2.27. The molecule has 96 valence electrons. The van der Waals surface area contributed by atoms with Crippen LogP contribution < -0.4 is 0 Å². The van der Waals surface area contributed by atoms with E-state index in [0.717, 1.165) is 23.9 Å². The topological polar surface area (TPSA) is 20.3 Å². The summed E-state index contributed by atoms with van der Waals surface area (Å²) in [6.45, 7) is 4.12. The summed E-state index contributed by atoms with van der Waals surface area (Å²) in [4.78, 5) is 14.3. The quantitative estimate of drug-likeness (QED) is 0.474. The Hall–Kier alpha value is -1.32. The molecule has 1 aliphatic rings. The first kappa shape index (κ1) is 13.1. The molecule has 1 aliphatic heterocycles. The van der Waals surface area contributed by atoms with Crippen LogP contribution in [0.3, 0.4) is 0 Å². The second-order valence-electron chi connectivity index (χ2n) is 4.88. The number of likely N-dealkylation sites (N-methyl/N-ethyl adjacent to an activating group) is 1. The molecule has 0 bridgehead atoms. The Morgan fingerprint density at radius 2 is 2.06 bits per heavy atom. The van der Waals surface area contributed by atoms with Gasteiger partial charge in [-0.15, -0.1) is 0 Å². The molecular formula is C14H18ClN2O+. The van der Waals surface area contributed by atoms with Crippen LogP contribution in [0, 0.1) is 0 Å². The average Bonchev–Trinajstić information content (AvgIpc) is 2.65. The predicted molar refractivity (Wildman–Crippen MR) is 73.0 cm³/mol. The summed E-state index contributed by atoms with van der Waals surface area (Å²) < 4.78 is 0.542. The van der Waals surface area contributed by atoms with Crippen molar-refractivity contribution in [3.8, 4) is 0 Å². The smallest absolute Gasteiger partial charge is 0.217 e. The van der Waals surface area contributed by atoms with E-state index < -0.39 is 0 Å². The zero-order valence-corrected chi connectivity index (χ0v) is 11.5. The Bertz CT molecular complexity index is 472. The van der Waals surface area contributed by atoms with E-state index in [0.29, 0.717) is 11.0 Å². The molecule has 4 heteroatoms. The highest BCUT2D eigenvalue weighted by atomic mass is 35.5. The van der Waals surface area contributed by atoms with E-state index in [1.165, 1.54) is 0 Å². The van der Waals surface area contributed by atoms with Gasteiger partial charge in [-0.1, -0.05) is 41.9 Å². The van der Waals surface area contributed by atoms with E-state index in [-0.39, 0.29) is 5.78 Å². The molecule has 2 rings (SSSR count). The van der Waals surface area contributed by atoms with Gasteiger partial charge >= 0.3 is 0 Å². The van der Waals surface area contributed by atoms with Crippen molar-refractivity contribution >= 4 is 17.4 Å². The minimum absolute atomic E-state index is 0.150. The van der Waals surface area contributed by atoms with E-state index in [1.54, 1.807) is 0 Å². The number of benzene rings is 1. The van der Waals surface area contributed by atoms with Gasteiger partial charge in [-0.2, -0.15) is 0 Å². The number of hydrogen-bond acceptors (Lipinski definition) is 2. The minimum atomic E-state index is 0.150. The van der Waals surface area contributed by atoms with Crippen LogP contribution in [0.5, 0.6) is 0 Å². The summed E-state index contributed by atoms with van der Waals surface area (Å²) in [5.74, 6) is 0.150. The molecule has 3 nitrogen and oxygen atoms in total. The summed E-state index contributed by atoms with van der Waals surface area (Å²) in [6.07, 6.45) is 1.95. The van der Waals surface area contributed by atoms with Gasteiger partial charge < -0.3 is 4.90 Å². The van der Waals surface area contributed by atoms with Gasteiger partial charge in [-0.3, -0.25) is 9.28 Å². The number of quaternary nitrogens is 1. The Morgan fingerprint density at radius 3 is 2.61 bits per heavy atom. The van der Waals surface area contributed by atoms with E-state index in [1.807, 2.05) is 43.6 Å². The van der Waals surface area contributed by atoms with Gasteiger partial charge in [0.15, 0.2) is 11.8 Å². The van der Waals surface area contributed by atoms with Gasteiger partial charge in [0, 0.05) is 12.1 Å². The number of nitrogens with zero attached hydrogens (tertiary/aromatic N) is 2. The van der Waals surface area contributed by atoms with Crippen LogP contribution in [0.1, 0.15) is 17.3 Å². The third-order valence-electron chi connectivity index (χ3n) is 3.20. The van der Waals surface area contributed by atoms with E-state index in [4.69, 9.17) is 11.6 Å². The predicted octanol–water partition coefficient (Wildman–Crippen LogP) is 2.65. The Kier molecular flexibility index (Phi) is 3.73. The van der Waals surface area contributed by atoms with E-state index in [2.05, 4.69) is 11.8 Å². The fourth-order valence-corrected chi connectivity index (χ4v) is 2.64. The summed E-state index contributed by atoms with van der Waals surface area (Å²) in [5, 5.41) is 0.737. The van der Waals surface area contributed by atoms with Crippen molar-refractivity contribution in [1.82, 2.24) is 4.90 Å². The number of Topliss-reactive ketones (excluding diaryl/α,β-unsaturated/α-hetero) is 1. The highest BCUT2D eigenvalue weighted by Crippen LogP contribution is 2.24. The molecule has 0 saturated heterocycles. The van der Waals surface area contributed by atoms with Gasteiger partial charge in [0.1, 0.15) is 12.7 Å². The molecule has 0 radical (unpaired) electrons. The lowest BCUT2D eigenvalue weighted by Crippen LogP contribution is -2.44. The molecule has 18 heavy (non-hydrogen) atoms. The Labute approximate surface area is 113 Å². The fraction of sp³-hybridized carbons (Fsp3) is 0.357. The highest BCUT2D eigenvalue weighted by Gasteiger charge is 2.33. The fourth-order valence-electron chi connectivity index (χ4n) is 2.23. The third kappa shape index (κ3) is 2.74. The van der Waals surface area contributed by atoms with Gasteiger partial charge in [0.05, 0.1) is 7.05 Å². The molecule has 0 spiro atoms. The van der Waals surface area contributed by atoms with Gasteiger partial charge in [0.2, 0.25) is 5.78 Å². The molecule has 0 saturated carbocycles. The Balaban J connectivity index is 2.09.